The summed E-state index contributed by atoms with van der Waals surface area (Å²) in [6.07, 6.45) is 1.88. The van der Waals surface area contributed by atoms with E-state index < -0.39 is 15.9 Å². The summed E-state index contributed by atoms with van der Waals surface area (Å²) < 4.78 is 37.3. The number of nitrogens with one attached hydrogen (secondary N) is 1. The summed E-state index contributed by atoms with van der Waals surface area (Å²) in [5.74, 6) is 1.34. The lowest BCUT2D eigenvalue weighted by molar-refractivity contribution is 0.0665. The minimum atomic E-state index is -3.62. The summed E-state index contributed by atoms with van der Waals surface area (Å²) in [5, 5.41) is 11.9. The van der Waals surface area contributed by atoms with E-state index in [0.717, 1.165) is 27.8 Å². The maximum Gasteiger partial charge on any atom is 0.206 e. The molecule has 1 atom stereocenters. The van der Waals surface area contributed by atoms with E-state index in [1.54, 1.807) is 43.5 Å². The first-order valence-corrected chi connectivity index (χ1v) is 15.0. The van der Waals surface area contributed by atoms with Crippen LogP contribution in [-0.4, -0.2) is 56.3 Å². The monoisotopic (exact) mass is 570 g/mol. The molecular formula is C33H34N2O5S. The van der Waals surface area contributed by atoms with Crippen LogP contribution in [0.25, 0.3) is 10.9 Å². The molecule has 0 fully saturated rings. The van der Waals surface area contributed by atoms with Crippen LogP contribution in [0, 0.1) is 0 Å². The number of H-pyrrole nitrogens is 1. The highest BCUT2D eigenvalue weighted by Crippen LogP contribution is 2.25. The molecule has 7 nitrogen and oxygen atoms in total. The lowest BCUT2D eigenvalue weighted by atomic mass is 10.1. The molecule has 0 saturated heterocycles. The van der Waals surface area contributed by atoms with Gasteiger partial charge in [0.05, 0.1) is 16.9 Å². The number of ether oxygens (including phenoxy) is 2. The Morgan fingerprint density at radius 1 is 0.829 bits per heavy atom. The van der Waals surface area contributed by atoms with E-state index >= 15 is 0 Å². The lowest BCUT2D eigenvalue weighted by Crippen LogP contribution is -2.36. The van der Waals surface area contributed by atoms with Gasteiger partial charge in [0, 0.05) is 36.7 Å². The molecule has 0 radical (unpaired) electrons. The third-order valence-electron chi connectivity index (χ3n) is 7.02. The van der Waals surface area contributed by atoms with Gasteiger partial charge in [0.15, 0.2) is 0 Å². The maximum absolute atomic E-state index is 13.1. The molecule has 5 rings (SSSR count). The highest BCUT2D eigenvalue weighted by atomic mass is 32.2. The average Bonchev–Trinajstić information content (AvgIpc) is 3.49. The van der Waals surface area contributed by atoms with Gasteiger partial charge in [-0.2, -0.15) is 0 Å². The Balaban J connectivity index is 1.22. The molecule has 0 aliphatic heterocycles. The molecule has 41 heavy (non-hydrogen) atoms. The summed E-state index contributed by atoms with van der Waals surface area (Å²) in [4.78, 5) is 5.85. The summed E-state index contributed by atoms with van der Waals surface area (Å²) in [6.45, 7) is 1.97. The molecule has 212 valence electrons. The smallest absolute Gasteiger partial charge is 0.206 e. The summed E-state index contributed by atoms with van der Waals surface area (Å²) in [7, 11) is -2.08. The number of fused-ring (bicyclic) bond motifs is 1. The molecule has 8 heteroatoms. The number of sulfone groups is 1. The number of aromatic nitrogens is 1. The van der Waals surface area contributed by atoms with Crippen molar-refractivity contribution in [2.75, 3.05) is 26.8 Å². The topological polar surface area (TPSA) is 91.9 Å². The van der Waals surface area contributed by atoms with Crippen molar-refractivity contribution in [3.8, 4) is 11.5 Å². The predicted molar refractivity (Wildman–Crippen MR) is 160 cm³/mol. The predicted octanol–water partition coefficient (Wildman–Crippen LogP) is 5.49. The van der Waals surface area contributed by atoms with Gasteiger partial charge in [-0.25, -0.2) is 8.42 Å². The van der Waals surface area contributed by atoms with E-state index in [0.29, 0.717) is 31.8 Å². The second-order valence-electron chi connectivity index (χ2n) is 9.95. The zero-order valence-corrected chi connectivity index (χ0v) is 23.8. The molecular weight excluding hydrogens is 536 g/mol. The molecule has 4 aromatic carbocycles. The molecule has 5 aromatic rings. The van der Waals surface area contributed by atoms with Crippen molar-refractivity contribution in [2.24, 2.45) is 0 Å². The van der Waals surface area contributed by atoms with Crippen molar-refractivity contribution in [1.29, 1.82) is 0 Å². The molecule has 2 N–H and O–H groups in total. The van der Waals surface area contributed by atoms with Crippen LogP contribution in [0.4, 0.5) is 0 Å². The van der Waals surface area contributed by atoms with Crippen LogP contribution < -0.4 is 9.47 Å². The molecule has 0 aliphatic carbocycles. The Kier molecular flexibility index (Phi) is 9.04. The number of hydrogen-bond acceptors (Lipinski definition) is 6. The van der Waals surface area contributed by atoms with E-state index in [9.17, 15) is 13.5 Å². The van der Waals surface area contributed by atoms with Crippen molar-refractivity contribution in [3.05, 3.63) is 120 Å². The van der Waals surface area contributed by atoms with Gasteiger partial charge < -0.3 is 19.6 Å². The van der Waals surface area contributed by atoms with Gasteiger partial charge in [-0.3, -0.25) is 4.90 Å². The van der Waals surface area contributed by atoms with Crippen molar-refractivity contribution >= 4 is 20.7 Å². The zero-order chi connectivity index (χ0) is 28.7. The number of hydrogen-bond donors (Lipinski definition) is 2. The number of benzene rings is 4. The lowest BCUT2D eigenvalue weighted by Gasteiger charge is -2.25. The normalized spacial score (nSPS) is 12.5. The Morgan fingerprint density at radius 2 is 1.54 bits per heavy atom. The molecule has 0 amide bonds. The minimum absolute atomic E-state index is 0.174. The molecule has 1 aromatic heterocycles. The van der Waals surface area contributed by atoms with E-state index in [4.69, 9.17) is 9.47 Å². The van der Waals surface area contributed by atoms with Crippen LogP contribution in [0.5, 0.6) is 11.5 Å². The first kappa shape index (κ1) is 28.4. The highest BCUT2D eigenvalue weighted by Gasteiger charge is 2.18. The number of aliphatic hydroxyl groups excluding tert-OH is 1. The Morgan fingerprint density at radius 3 is 2.24 bits per heavy atom. The van der Waals surface area contributed by atoms with Crippen LogP contribution in [0.2, 0.25) is 0 Å². The molecule has 0 aliphatic rings. The second-order valence-corrected chi connectivity index (χ2v) is 11.9. The van der Waals surface area contributed by atoms with Crippen molar-refractivity contribution in [1.82, 2.24) is 9.88 Å². The molecule has 0 spiro atoms. The maximum atomic E-state index is 13.1. The first-order valence-electron chi connectivity index (χ1n) is 13.5. The van der Waals surface area contributed by atoms with Crippen LogP contribution in [-0.2, 0) is 22.8 Å². The third kappa shape index (κ3) is 7.16. The van der Waals surface area contributed by atoms with E-state index in [1.807, 2.05) is 60.8 Å². The molecule has 0 bridgehead atoms. The largest absolute Gasteiger partial charge is 0.497 e. The number of nitrogens with zero attached hydrogens (tertiary/aromatic N) is 1. The molecule has 1 heterocycles. The van der Waals surface area contributed by atoms with Gasteiger partial charge in [0.25, 0.3) is 0 Å². The van der Waals surface area contributed by atoms with Crippen molar-refractivity contribution < 1.29 is 23.0 Å². The quantitative estimate of drug-likeness (QED) is 0.194. The van der Waals surface area contributed by atoms with Gasteiger partial charge in [-0.1, -0.05) is 48.5 Å². The third-order valence-corrected chi connectivity index (χ3v) is 8.81. The zero-order valence-electron chi connectivity index (χ0n) is 22.9. The second kappa shape index (κ2) is 13.0. The number of methoxy groups -OCH3 is 1. The van der Waals surface area contributed by atoms with Gasteiger partial charge in [0.1, 0.15) is 24.2 Å². The summed E-state index contributed by atoms with van der Waals surface area (Å²) >= 11 is 0. The first-order chi connectivity index (χ1) is 19.9. The van der Waals surface area contributed by atoms with Gasteiger partial charge in [-0.05, 0) is 72.1 Å². The highest BCUT2D eigenvalue weighted by molar-refractivity contribution is 7.91. The average molecular weight is 571 g/mol. The van der Waals surface area contributed by atoms with Crippen LogP contribution in [0.15, 0.2) is 119 Å². The Labute approximate surface area is 240 Å². The van der Waals surface area contributed by atoms with E-state index in [1.165, 1.54) is 0 Å². The Hall–Kier alpha value is -4.11. The van der Waals surface area contributed by atoms with Crippen molar-refractivity contribution in [3.63, 3.8) is 0 Å². The van der Waals surface area contributed by atoms with Crippen LogP contribution in [0.1, 0.15) is 11.1 Å². The molecule has 0 saturated carbocycles. The standard InChI is InChI=1S/C33H34N2O5S/c1-39-28-12-16-30(17-13-28)41(37,38)29-14-10-25(11-15-29)19-21-35(22-26-6-3-2-4-7-26)23-27(36)24-40-33-9-5-8-32-31(33)18-20-34-32/h2-18,20,27,34,36H,19,21-24H2,1H3. The fraction of sp³-hybridized carbons (Fsp3) is 0.212. The molecule has 1 unspecified atom stereocenters. The van der Waals surface area contributed by atoms with Gasteiger partial charge in [0.2, 0.25) is 9.84 Å². The number of aliphatic hydroxyl groups is 1. The summed E-state index contributed by atoms with van der Waals surface area (Å²) in [5.41, 5.74) is 3.16. The van der Waals surface area contributed by atoms with E-state index in [-0.39, 0.29) is 16.4 Å². The number of aromatic amines is 1. The van der Waals surface area contributed by atoms with Crippen LogP contribution in [0.3, 0.4) is 0 Å². The van der Waals surface area contributed by atoms with E-state index in [2.05, 4.69) is 22.0 Å². The van der Waals surface area contributed by atoms with Gasteiger partial charge >= 0.3 is 0 Å². The van der Waals surface area contributed by atoms with Gasteiger partial charge in [-0.15, -0.1) is 0 Å². The number of rotatable bonds is 13. The van der Waals surface area contributed by atoms with Crippen molar-refractivity contribution in [2.45, 2.75) is 28.9 Å². The van der Waals surface area contributed by atoms with Crippen LogP contribution >= 0.6 is 0 Å². The SMILES string of the molecule is COc1ccc(S(=O)(=O)c2ccc(CCN(Cc3ccccc3)CC(O)COc3cccc4[nH]ccc34)cc2)cc1. The fourth-order valence-electron chi connectivity index (χ4n) is 4.81. The Bertz CT molecular complexity index is 1650. The fourth-order valence-corrected chi connectivity index (χ4v) is 6.07. The summed E-state index contributed by atoms with van der Waals surface area (Å²) in [6, 6.07) is 31.3. The minimum Gasteiger partial charge on any atom is -0.497 e.